The third kappa shape index (κ3) is 10.2. The summed E-state index contributed by atoms with van der Waals surface area (Å²) in [6.45, 7) is 8.26. The average Bonchev–Trinajstić information content (AvgIpc) is 2.11. The van der Waals surface area contributed by atoms with Crippen LogP contribution in [0.15, 0.2) is 0 Å². The van der Waals surface area contributed by atoms with Crippen molar-refractivity contribution in [2.24, 2.45) is 5.92 Å². The summed E-state index contributed by atoms with van der Waals surface area (Å²) in [4.78, 5) is 0. The summed E-state index contributed by atoms with van der Waals surface area (Å²) < 4.78 is 5.24. The Hall–Kier alpha value is 0.270. The van der Waals surface area contributed by atoms with Gasteiger partial charge in [0.05, 0.1) is 0 Å². The van der Waals surface area contributed by atoms with Crippen LogP contribution in [-0.4, -0.2) is 38.3 Å². The summed E-state index contributed by atoms with van der Waals surface area (Å²) in [7, 11) is 0. The lowest BCUT2D eigenvalue weighted by molar-refractivity contribution is 0.144. The van der Waals surface area contributed by atoms with E-state index >= 15 is 0 Å². The molecule has 0 spiro atoms. The molecule has 13 heavy (non-hydrogen) atoms. The molecule has 0 aromatic rings. The van der Waals surface area contributed by atoms with Crippen molar-refractivity contribution >= 4 is 11.8 Å². The van der Waals surface area contributed by atoms with Crippen LogP contribution in [0.4, 0.5) is 0 Å². The van der Waals surface area contributed by atoms with Gasteiger partial charge in [-0.3, -0.25) is 0 Å². The van der Waals surface area contributed by atoms with Crippen LogP contribution < -0.4 is 5.32 Å². The second-order valence-corrected chi connectivity index (χ2v) is 4.23. The normalized spacial score (nSPS) is 13.2. The van der Waals surface area contributed by atoms with E-state index < -0.39 is 0 Å². The Bertz CT molecular complexity index is 101. The molecular weight excluding hydrogens is 182 g/mol. The molecule has 0 bridgehead atoms. The highest BCUT2D eigenvalue weighted by Gasteiger charge is 1.98. The fourth-order valence-corrected chi connectivity index (χ4v) is 1.82. The molecule has 0 rings (SSSR count). The predicted molar refractivity (Wildman–Crippen MR) is 61.5 cm³/mol. The van der Waals surface area contributed by atoms with E-state index in [9.17, 15) is 0 Å². The van der Waals surface area contributed by atoms with Crippen LogP contribution in [0.1, 0.15) is 20.3 Å². The van der Waals surface area contributed by atoms with Crippen molar-refractivity contribution in [1.82, 2.24) is 5.32 Å². The van der Waals surface area contributed by atoms with Crippen molar-refractivity contribution in [3.63, 3.8) is 0 Å². The van der Waals surface area contributed by atoms with E-state index in [0.717, 1.165) is 38.6 Å². The van der Waals surface area contributed by atoms with E-state index in [2.05, 4.69) is 18.5 Å². The van der Waals surface area contributed by atoms with E-state index in [4.69, 9.17) is 4.74 Å². The molecule has 0 aromatic carbocycles. The quantitative estimate of drug-likeness (QED) is 0.582. The van der Waals surface area contributed by atoms with Crippen LogP contribution >= 0.6 is 11.8 Å². The van der Waals surface area contributed by atoms with Gasteiger partial charge in [0.25, 0.3) is 0 Å². The molecule has 2 nitrogen and oxygen atoms in total. The fraction of sp³-hybridized carbons (Fsp3) is 1.00. The van der Waals surface area contributed by atoms with Crippen LogP contribution in [-0.2, 0) is 4.74 Å². The maximum atomic E-state index is 5.24. The van der Waals surface area contributed by atoms with Crippen LogP contribution in [0.5, 0.6) is 0 Å². The molecule has 1 atom stereocenters. The molecule has 0 aromatic heterocycles. The van der Waals surface area contributed by atoms with E-state index in [1.807, 2.05) is 18.7 Å². The topological polar surface area (TPSA) is 21.3 Å². The Kier molecular flexibility index (Phi) is 10.6. The van der Waals surface area contributed by atoms with Gasteiger partial charge in [0.1, 0.15) is 0 Å². The molecule has 1 unspecified atom stereocenters. The van der Waals surface area contributed by atoms with Crippen molar-refractivity contribution in [3.05, 3.63) is 0 Å². The molecule has 0 radical (unpaired) electrons. The summed E-state index contributed by atoms with van der Waals surface area (Å²) >= 11 is 1.92. The first-order valence-electron chi connectivity index (χ1n) is 5.08. The largest absolute Gasteiger partial charge is 0.382 e. The van der Waals surface area contributed by atoms with Gasteiger partial charge in [-0.25, -0.2) is 0 Å². The van der Waals surface area contributed by atoms with Gasteiger partial charge >= 0.3 is 0 Å². The van der Waals surface area contributed by atoms with E-state index in [-0.39, 0.29) is 0 Å². The monoisotopic (exact) mass is 205 g/mol. The molecule has 0 amide bonds. The molecular formula is C10H23NOS. The first-order valence-corrected chi connectivity index (χ1v) is 6.48. The van der Waals surface area contributed by atoms with E-state index in [1.165, 1.54) is 5.75 Å². The lowest BCUT2D eigenvalue weighted by Crippen LogP contribution is -2.24. The molecule has 1 N–H and O–H groups in total. The number of hydrogen-bond donors (Lipinski definition) is 1. The van der Waals surface area contributed by atoms with Gasteiger partial charge in [-0.1, -0.05) is 6.92 Å². The minimum atomic E-state index is 0.780. The van der Waals surface area contributed by atoms with Crippen molar-refractivity contribution < 1.29 is 4.74 Å². The second kappa shape index (κ2) is 10.4. The van der Waals surface area contributed by atoms with E-state index in [1.54, 1.807) is 0 Å². The zero-order valence-corrected chi connectivity index (χ0v) is 9.95. The molecule has 80 valence electrons. The molecule has 0 saturated heterocycles. The summed E-state index contributed by atoms with van der Waals surface area (Å²) in [5, 5.41) is 3.44. The lowest BCUT2D eigenvalue weighted by Gasteiger charge is -2.10. The van der Waals surface area contributed by atoms with Gasteiger partial charge in [-0.05, 0) is 44.4 Å². The highest BCUT2D eigenvalue weighted by molar-refractivity contribution is 7.98. The maximum Gasteiger partial charge on any atom is 0.0477 e. The highest BCUT2D eigenvalue weighted by atomic mass is 32.2. The molecule has 0 aliphatic rings. The molecule has 0 fully saturated rings. The van der Waals surface area contributed by atoms with Gasteiger partial charge in [0.2, 0.25) is 0 Å². The van der Waals surface area contributed by atoms with Gasteiger partial charge in [0.15, 0.2) is 0 Å². The minimum Gasteiger partial charge on any atom is -0.382 e. The Morgan fingerprint density at radius 3 is 2.85 bits per heavy atom. The van der Waals surface area contributed by atoms with Crippen LogP contribution in [0, 0.1) is 5.92 Å². The average molecular weight is 205 g/mol. The lowest BCUT2D eigenvalue weighted by atomic mass is 10.2. The van der Waals surface area contributed by atoms with Crippen molar-refractivity contribution in [2.75, 3.05) is 38.3 Å². The molecule has 3 heteroatoms. The van der Waals surface area contributed by atoms with Crippen LogP contribution in [0.3, 0.4) is 0 Å². The SMILES string of the molecule is CCOCCCNCC(C)CSC. The van der Waals surface area contributed by atoms with Gasteiger partial charge in [-0.2, -0.15) is 11.8 Å². The summed E-state index contributed by atoms with van der Waals surface area (Å²) in [6, 6.07) is 0. The smallest absolute Gasteiger partial charge is 0.0477 e. The Morgan fingerprint density at radius 1 is 1.46 bits per heavy atom. The molecule has 0 heterocycles. The molecule has 0 saturated carbocycles. The third-order valence-corrected chi connectivity index (χ3v) is 2.69. The summed E-state index contributed by atoms with van der Waals surface area (Å²) in [5.41, 5.74) is 0. The second-order valence-electron chi connectivity index (χ2n) is 3.32. The summed E-state index contributed by atoms with van der Waals surface area (Å²) in [6.07, 6.45) is 3.28. The number of rotatable bonds is 9. The van der Waals surface area contributed by atoms with Gasteiger partial charge in [0, 0.05) is 13.2 Å². The van der Waals surface area contributed by atoms with Gasteiger partial charge < -0.3 is 10.1 Å². The molecule has 0 aliphatic heterocycles. The Balaban J connectivity index is 2.97. The van der Waals surface area contributed by atoms with E-state index in [0.29, 0.717) is 0 Å². The zero-order chi connectivity index (χ0) is 9.94. The standard InChI is InChI=1S/C10H23NOS/c1-4-12-7-5-6-11-8-10(2)9-13-3/h10-11H,4-9H2,1-3H3. The Morgan fingerprint density at radius 2 is 2.23 bits per heavy atom. The van der Waals surface area contributed by atoms with Crippen molar-refractivity contribution in [3.8, 4) is 0 Å². The van der Waals surface area contributed by atoms with Crippen LogP contribution in [0.25, 0.3) is 0 Å². The first kappa shape index (κ1) is 13.3. The third-order valence-electron chi connectivity index (χ3n) is 1.79. The predicted octanol–water partition coefficient (Wildman–Crippen LogP) is 2.00. The number of thioether (sulfide) groups is 1. The van der Waals surface area contributed by atoms with Crippen LogP contribution in [0.2, 0.25) is 0 Å². The zero-order valence-electron chi connectivity index (χ0n) is 9.14. The van der Waals surface area contributed by atoms with Crippen molar-refractivity contribution in [2.45, 2.75) is 20.3 Å². The number of nitrogens with one attached hydrogen (secondary N) is 1. The fourth-order valence-electron chi connectivity index (χ4n) is 1.14. The maximum absolute atomic E-state index is 5.24. The summed E-state index contributed by atoms with van der Waals surface area (Å²) in [5.74, 6) is 2.03. The minimum absolute atomic E-state index is 0.780. The highest BCUT2D eigenvalue weighted by Crippen LogP contribution is 2.02. The first-order chi connectivity index (χ1) is 6.31. The molecule has 0 aliphatic carbocycles. The van der Waals surface area contributed by atoms with Gasteiger partial charge in [-0.15, -0.1) is 0 Å². The number of hydrogen-bond acceptors (Lipinski definition) is 3. The number of ether oxygens (including phenoxy) is 1. The van der Waals surface area contributed by atoms with Crippen molar-refractivity contribution in [1.29, 1.82) is 0 Å². The Labute approximate surface area is 86.8 Å².